The molecule has 0 fully saturated rings. The number of hydrogen-bond acceptors (Lipinski definition) is 3. The lowest BCUT2D eigenvalue weighted by molar-refractivity contribution is 0.364. The highest BCUT2D eigenvalue weighted by Gasteiger charge is 2.23. The molecule has 5 heteroatoms. The normalized spacial score (nSPS) is 14.4. The molecule has 1 N–H and O–H groups in total. The van der Waals surface area contributed by atoms with E-state index in [0.29, 0.717) is 11.1 Å². The minimum atomic E-state index is -0.435. The molecule has 0 aliphatic rings. The van der Waals surface area contributed by atoms with E-state index < -0.39 is 5.54 Å². The van der Waals surface area contributed by atoms with Crippen LogP contribution >= 0.6 is 11.6 Å². The number of halogens is 1. The summed E-state index contributed by atoms with van der Waals surface area (Å²) in [6.45, 7) is 6.91. The van der Waals surface area contributed by atoms with Crippen LogP contribution in [0.15, 0.2) is 12.4 Å². The third kappa shape index (κ3) is 5.07. The maximum absolute atomic E-state index is 9.21. The van der Waals surface area contributed by atoms with Gasteiger partial charge in [-0.2, -0.15) is 10.4 Å². The molecule has 0 saturated carbocycles. The molecule has 0 bridgehead atoms. The second kappa shape index (κ2) is 6.77. The van der Waals surface area contributed by atoms with Crippen molar-refractivity contribution in [3.05, 3.63) is 17.4 Å². The van der Waals surface area contributed by atoms with E-state index in [1.165, 1.54) is 0 Å². The molecule has 4 nitrogen and oxygen atoms in total. The molecule has 1 unspecified atom stereocenters. The fraction of sp³-hybridized carbons (Fsp3) is 0.692. The van der Waals surface area contributed by atoms with E-state index in [9.17, 15) is 5.26 Å². The molecule has 1 heterocycles. The minimum Gasteiger partial charge on any atom is -0.297 e. The van der Waals surface area contributed by atoms with Gasteiger partial charge in [0.25, 0.3) is 0 Å². The van der Waals surface area contributed by atoms with E-state index in [4.69, 9.17) is 11.6 Å². The van der Waals surface area contributed by atoms with Crippen molar-refractivity contribution >= 4 is 11.6 Å². The molecule has 0 aliphatic heterocycles. The molecule has 0 spiro atoms. The highest BCUT2D eigenvalue weighted by atomic mass is 35.5. The minimum absolute atomic E-state index is 0.319. The summed E-state index contributed by atoms with van der Waals surface area (Å²) in [4.78, 5) is 0. The standard InChI is InChI=1S/C13H21ClN4/c1-11(2)17-13(3,10-15)6-4-5-7-18-9-12(14)8-16-18/h8-9,11,17H,4-7H2,1-3H3. The van der Waals surface area contributed by atoms with Gasteiger partial charge in [-0.15, -0.1) is 0 Å². The number of nitrogens with one attached hydrogen (secondary N) is 1. The first-order valence-electron chi connectivity index (χ1n) is 6.32. The predicted octanol–water partition coefficient (Wildman–Crippen LogP) is 2.99. The highest BCUT2D eigenvalue weighted by Crippen LogP contribution is 2.14. The van der Waals surface area contributed by atoms with Crippen molar-refractivity contribution in [2.45, 2.75) is 58.2 Å². The summed E-state index contributed by atoms with van der Waals surface area (Å²) in [6.07, 6.45) is 6.28. The van der Waals surface area contributed by atoms with Gasteiger partial charge in [-0.25, -0.2) is 0 Å². The smallest absolute Gasteiger partial charge is 0.104 e. The van der Waals surface area contributed by atoms with Crippen molar-refractivity contribution in [3.63, 3.8) is 0 Å². The van der Waals surface area contributed by atoms with Crippen LogP contribution in [-0.2, 0) is 6.54 Å². The van der Waals surface area contributed by atoms with Crippen LogP contribution < -0.4 is 5.32 Å². The molecular formula is C13H21ClN4. The Kier molecular flexibility index (Phi) is 5.64. The quantitative estimate of drug-likeness (QED) is 0.774. The summed E-state index contributed by atoms with van der Waals surface area (Å²) in [7, 11) is 0. The molecule has 100 valence electrons. The summed E-state index contributed by atoms with van der Waals surface area (Å²) in [5.41, 5.74) is -0.435. The predicted molar refractivity (Wildman–Crippen MR) is 73.4 cm³/mol. The molecule has 0 radical (unpaired) electrons. The van der Waals surface area contributed by atoms with Crippen molar-refractivity contribution in [3.8, 4) is 6.07 Å². The zero-order valence-corrected chi connectivity index (χ0v) is 12.0. The van der Waals surface area contributed by atoms with Gasteiger partial charge in [0.2, 0.25) is 0 Å². The lowest BCUT2D eigenvalue weighted by Crippen LogP contribution is -2.44. The Morgan fingerprint density at radius 2 is 2.28 bits per heavy atom. The van der Waals surface area contributed by atoms with Crippen molar-refractivity contribution in [2.24, 2.45) is 0 Å². The van der Waals surface area contributed by atoms with E-state index in [1.807, 2.05) is 17.8 Å². The maximum Gasteiger partial charge on any atom is 0.104 e. The second-order valence-corrected chi connectivity index (χ2v) is 5.56. The van der Waals surface area contributed by atoms with Crippen molar-refractivity contribution in [1.29, 1.82) is 5.26 Å². The molecule has 0 aliphatic carbocycles. The average molecular weight is 269 g/mol. The Morgan fingerprint density at radius 1 is 1.56 bits per heavy atom. The molecule has 1 rings (SSSR count). The van der Waals surface area contributed by atoms with Crippen LogP contribution in [0, 0.1) is 11.3 Å². The van der Waals surface area contributed by atoms with Gasteiger partial charge in [-0.3, -0.25) is 10.00 Å². The number of unbranched alkanes of at least 4 members (excludes halogenated alkanes) is 1. The van der Waals surface area contributed by atoms with Crippen LogP contribution in [0.1, 0.15) is 40.0 Å². The van der Waals surface area contributed by atoms with E-state index in [-0.39, 0.29) is 0 Å². The van der Waals surface area contributed by atoms with E-state index >= 15 is 0 Å². The first kappa shape index (κ1) is 15.0. The van der Waals surface area contributed by atoms with Gasteiger partial charge in [0.15, 0.2) is 0 Å². The third-order valence-electron chi connectivity index (χ3n) is 2.77. The van der Waals surface area contributed by atoms with Crippen LogP contribution in [0.4, 0.5) is 0 Å². The van der Waals surface area contributed by atoms with E-state index in [1.54, 1.807) is 6.20 Å². The van der Waals surface area contributed by atoms with Crippen LogP contribution in [0.2, 0.25) is 5.02 Å². The Labute approximate surface area is 114 Å². The van der Waals surface area contributed by atoms with Gasteiger partial charge >= 0.3 is 0 Å². The fourth-order valence-corrected chi connectivity index (χ4v) is 2.17. The number of hydrogen-bond donors (Lipinski definition) is 1. The Hall–Kier alpha value is -1.05. The Bertz CT molecular complexity index is 407. The van der Waals surface area contributed by atoms with Crippen LogP contribution in [-0.4, -0.2) is 21.4 Å². The summed E-state index contributed by atoms with van der Waals surface area (Å²) >= 11 is 5.79. The summed E-state index contributed by atoms with van der Waals surface area (Å²) in [6, 6.07) is 2.68. The average Bonchev–Trinajstić information content (AvgIpc) is 2.70. The lowest BCUT2D eigenvalue weighted by Gasteiger charge is -2.25. The van der Waals surface area contributed by atoms with Gasteiger partial charge in [-0.05, 0) is 40.0 Å². The number of aromatic nitrogens is 2. The summed E-state index contributed by atoms with van der Waals surface area (Å²) in [5, 5.41) is 17.3. The zero-order chi connectivity index (χ0) is 13.6. The topological polar surface area (TPSA) is 53.6 Å². The number of nitriles is 1. The number of aryl methyl sites for hydroxylation is 1. The van der Waals surface area contributed by atoms with Gasteiger partial charge in [-0.1, -0.05) is 11.6 Å². The molecule has 1 atom stereocenters. The summed E-state index contributed by atoms with van der Waals surface area (Å²) in [5.74, 6) is 0. The largest absolute Gasteiger partial charge is 0.297 e. The van der Waals surface area contributed by atoms with E-state index in [0.717, 1.165) is 25.8 Å². The van der Waals surface area contributed by atoms with Gasteiger partial charge in [0.05, 0.1) is 17.3 Å². The zero-order valence-electron chi connectivity index (χ0n) is 11.3. The highest BCUT2D eigenvalue weighted by molar-refractivity contribution is 6.30. The molecule has 18 heavy (non-hydrogen) atoms. The van der Waals surface area contributed by atoms with Crippen LogP contribution in [0.25, 0.3) is 0 Å². The van der Waals surface area contributed by atoms with Crippen LogP contribution in [0.5, 0.6) is 0 Å². The lowest BCUT2D eigenvalue weighted by atomic mass is 9.95. The first-order valence-corrected chi connectivity index (χ1v) is 6.70. The van der Waals surface area contributed by atoms with Gasteiger partial charge in [0.1, 0.15) is 5.54 Å². The molecule has 0 saturated heterocycles. The number of nitrogens with zero attached hydrogens (tertiary/aromatic N) is 3. The number of rotatable bonds is 7. The van der Waals surface area contributed by atoms with Gasteiger partial charge in [0, 0.05) is 18.8 Å². The molecule has 1 aromatic heterocycles. The van der Waals surface area contributed by atoms with Crippen molar-refractivity contribution in [1.82, 2.24) is 15.1 Å². The second-order valence-electron chi connectivity index (χ2n) is 5.12. The Morgan fingerprint density at radius 3 is 2.78 bits per heavy atom. The van der Waals surface area contributed by atoms with Crippen molar-refractivity contribution < 1.29 is 0 Å². The third-order valence-corrected chi connectivity index (χ3v) is 2.96. The van der Waals surface area contributed by atoms with Gasteiger partial charge < -0.3 is 0 Å². The molecule has 0 amide bonds. The van der Waals surface area contributed by atoms with Crippen LogP contribution in [0.3, 0.4) is 0 Å². The SMILES string of the molecule is CC(C)NC(C)(C#N)CCCCn1cc(Cl)cn1. The molecular weight excluding hydrogens is 248 g/mol. The maximum atomic E-state index is 9.21. The molecule has 1 aromatic rings. The Balaban J connectivity index is 2.30. The molecule has 0 aromatic carbocycles. The van der Waals surface area contributed by atoms with Crippen molar-refractivity contribution in [2.75, 3.05) is 0 Å². The summed E-state index contributed by atoms with van der Waals surface area (Å²) < 4.78 is 1.84. The monoisotopic (exact) mass is 268 g/mol. The fourth-order valence-electron chi connectivity index (χ4n) is 2.01. The van der Waals surface area contributed by atoms with E-state index in [2.05, 4.69) is 30.3 Å². The first-order chi connectivity index (χ1) is 8.45.